The quantitative estimate of drug-likeness (QED) is 0.834. The van der Waals surface area contributed by atoms with Crippen LogP contribution in [0, 0.1) is 6.92 Å². The van der Waals surface area contributed by atoms with Crippen LogP contribution in [-0.2, 0) is 9.53 Å². The van der Waals surface area contributed by atoms with Crippen molar-refractivity contribution in [3.8, 4) is 10.4 Å². The second-order valence-corrected chi connectivity index (χ2v) is 7.54. The Hall–Kier alpha value is -2.41. The number of amides is 1. The second-order valence-electron chi connectivity index (χ2n) is 6.69. The van der Waals surface area contributed by atoms with Crippen LogP contribution in [0.25, 0.3) is 10.4 Å². The molecule has 1 unspecified atom stereocenters. The van der Waals surface area contributed by atoms with Crippen molar-refractivity contribution in [2.24, 2.45) is 0 Å². The van der Waals surface area contributed by atoms with Crippen molar-refractivity contribution < 1.29 is 19.4 Å². The number of hydrogen-bond donors (Lipinski definition) is 2. The Bertz CT molecular complexity index is 747. The van der Waals surface area contributed by atoms with Crippen molar-refractivity contribution in [1.82, 2.24) is 10.3 Å². The van der Waals surface area contributed by atoms with Gasteiger partial charge in [0, 0.05) is 0 Å². The van der Waals surface area contributed by atoms with Crippen LogP contribution in [0.15, 0.2) is 29.8 Å². The molecule has 134 valence electrons. The lowest BCUT2D eigenvalue weighted by molar-refractivity contribution is -0.137. The Labute approximate surface area is 150 Å². The lowest BCUT2D eigenvalue weighted by atomic mass is 10.0. The van der Waals surface area contributed by atoms with E-state index in [0.29, 0.717) is 5.56 Å². The Morgan fingerprint density at radius 2 is 1.92 bits per heavy atom. The first-order chi connectivity index (χ1) is 11.7. The van der Waals surface area contributed by atoms with Gasteiger partial charge in [0.2, 0.25) is 0 Å². The molecule has 6 nitrogen and oxygen atoms in total. The van der Waals surface area contributed by atoms with E-state index in [4.69, 9.17) is 9.84 Å². The fraction of sp³-hybridized carbons (Fsp3) is 0.389. The van der Waals surface area contributed by atoms with Crippen LogP contribution < -0.4 is 5.32 Å². The van der Waals surface area contributed by atoms with Crippen molar-refractivity contribution in [3.05, 3.63) is 41.0 Å². The normalized spacial score (nSPS) is 12.5. The molecule has 7 heteroatoms. The van der Waals surface area contributed by atoms with Crippen molar-refractivity contribution in [3.63, 3.8) is 0 Å². The number of carbonyl (C=O) groups is 2. The summed E-state index contributed by atoms with van der Waals surface area (Å²) in [5, 5.41) is 11.8. The topological polar surface area (TPSA) is 88.5 Å². The molecule has 25 heavy (non-hydrogen) atoms. The minimum Gasteiger partial charge on any atom is -0.481 e. The molecule has 0 saturated carbocycles. The minimum atomic E-state index is -0.997. The number of nitrogens with one attached hydrogen (secondary N) is 1. The van der Waals surface area contributed by atoms with Crippen LogP contribution in [-0.4, -0.2) is 27.8 Å². The molecule has 0 aliphatic rings. The summed E-state index contributed by atoms with van der Waals surface area (Å²) in [6.45, 7) is 7.21. The van der Waals surface area contributed by atoms with Gasteiger partial charge in [0.05, 0.1) is 28.5 Å². The summed E-state index contributed by atoms with van der Waals surface area (Å²) in [7, 11) is 0. The molecule has 0 saturated heterocycles. The van der Waals surface area contributed by atoms with E-state index >= 15 is 0 Å². The summed E-state index contributed by atoms with van der Waals surface area (Å²) in [6, 6.07) is 6.78. The molecule has 1 amide bonds. The second kappa shape index (κ2) is 7.65. The summed E-state index contributed by atoms with van der Waals surface area (Å²) < 4.78 is 5.22. The molecule has 1 heterocycles. The molecule has 2 aromatic rings. The monoisotopic (exact) mass is 362 g/mol. The lowest BCUT2D eigenvalue weighted by Crippen LogP contribution is -2.35. The molecule has 0 radical (unpaired) electrons. The molecule has 0 aliphatic carbocycles. The van der Waals surface area contributed by atoms with Crippen molar-refractivity contribution in [2.75, 3.05) is 0 Å². The Kier molecular flexibility index (Phi) is 5.79. The van der Waals surface area contributed by atoms with Crippen LogP contribution in [0.5, 0.6) is 0 Å². The minimum absolute atomic E-state index is 0.224. The summed E-state index contributed by atoms with van der Waals surface area (Å²) in [6.07, 6.45) is -0.862. The van der Waals surface area contributed by atoms with Gasteiger partial charge in [-0.2, -0.15) is 0 Å². The van der Waals surface area contributed by atoms with E-state index in [0.717, 1.165) is 16.1 Å². The summed E-state index contributed by atoms with van der Waals surface area (Å²) in [5.41, 5.74) is 3.81. The number of aliphatic carboxylic acids is 1. The van der Waals surface area contributed by atoms with Gasteiger partial charge in [-0.25, -0.2) is 9.78 Å². The van der Waals surface area contributed by atoms with E-state index in [1.807, 2.05) is 31.2 Å². The highest BCUT2D eigenvalue weighted by atomic mass is 32.1. The molecule has 2 rings (SSSR count). The fourth-order valence-corrected chi connectivity index (χ4v) is 3.13. The van der Waals surface area contributed by atoms with Gasteiger partial charge >= 0.3 is 12.1 Å². The van der Waals surface area contributed by atoms with Crippen molar-refractivity contribution >= 4 is 23.4 Å². The van der Waals surface area contributed by atoms with Crippen LogP contribution in [0.3, 0.4) is 0 Å². The number of aryl methyl sites for hydroxylation is 1. The number of benzene rings is 1. The zero-order valence-corrected chi connectivity index (χ0v) is 15.5. The smallest absolute Gasteiger partial charge is 0.408 e. The van der Waals surface area contributed by atoms with Gasteiger partial charge in [-0.1, -0.05) is 24.3 Å². The van der Waals surface area contributed by atoms with Crippen LogP contribution in [0.2, 0.25) is 0 Å². The lowest BCUT2D eigenvalue weighted by Gasteiger charge is -2.23. The van der Waals surface area contributed by atoms with E-state index in [-0.39, 0.29) is 6.42 Å². The number of thiazole rings is 1. The molecule has 1 aromatic carbocycles. The first-order valence-electron chi connectivity index (χ1n) is 7.87. The third-order valence-corrected chi connectivity index (χ3v) is 4.37. The zero-order chi connectivity index (χ0) is 18.6. The van der Waals surface area contributed by atoms with E-state index in [2.05, 4.69) is 10.3 Å². The average Bonchev–Trinajstić information content (AvgIpc) is 2.90. The van der Waals surface area contributed by atoms with E-state index in [1.54, 1.807) is 37.6 Å². The summed E-state index contributed by atoms with van der Waals surface area (Å²) >= 11 is 1.55. The Morgan fingerprint density at radius 1 is 1.28 bits per heavy atom. The number of carboxylic acid groups (broad SMARTS) is 1. The number of hydrogen-bond acceptors (Lipinski definition) is 5. The number of nitrogens with zero attached hydrogens (tertiary/aromatic N) is 1. The molecule has 2 N–H and O–H groups in total. The van der Waals surface area contributed by atoms with Gasteiger partial charge in [0.25, 0.3) is 0 Å². The first kappa shape index (κ1) is 18.9. The maximum Gasteiger partial charge on any atom is 0.408 e. The molecule has 1 atom stereocenters. The van der Waals surface area contributed by atoms with Crippen molar-refractivity contribution in [1.29, 1.82) is 0 Å². The predicted molar refractivity (Wildman–Crippen MR) is 96.7 cm³/mol. The fourth-order valence-electron chi connectivity index (χ4n) is 2.32. The largest absolute Gasteiger partial charge is 0.481 e. The van der Waals surface area contributed by atoms with Crippen LogP contribution in [0.4, 0.5) is 4.79 Å². The molecule has 0 spiro atoms. The SMILES string of the molecule is Cc1ncsc1-c1ccc(C(CC(=O)O)NC(=O)OC(C)(C)C)cc1. The molecule has 1 aromatic heterocycles. The third kappa shape index (κ3) is 5.56. The van der Waals surface area contributed by atoms with Crippen LogP contribution in [0.1, 0.15) is 44.5 Å². The number of alkyl carbamates (subject to hydrolysis) is 1. The van der Waals surface area contributed by atoms with E-state index < -0.39 is 23.7 Å². The standard InChI is InChI=1S/C18H22N2O4S/c1-11-16(25-10-19-11)13-7-5-12(6-8-13)14(9-15(21)22)20-17(23)24-18(2,3)4/h5-8,10,14H,9H2,1-4H3,(H,20,23)(H,21,22). The first-order valence-corrected chi connectivity index (χ1v) is 8.75. The third-order valence-electron chi connectivity index (χ3n) is 3.39. The maximum absolute atomic E-state index is 12.0. The van der Waals surface area contributed by atoms with Crippen LogP contribution >= 0.6 is 11.3 Å². The Morgan fingerprint density at radius 3 is 2.40 bits per heavy atom. The van der Waals surface area contributed by atoms with Gasteiger partial charge in [-0.3, -0.25) is 4.79 Å². The van der Waals surface area contributed by atoms with E-state index in [1.165, 1.54) is 0 Å². The number of carboxylic acids is 1. The predicted octanol–water partition coefficient (Wildman–Crippen LogP) is 4.16. The molecule has 0 aliphatic heterocycles. The van der Waals surface area contributed by atoms with Crippen molar-refractivity contribution in [2.45, 2.75) is 45.8 Å². The van der Waals surface area contributed by atoms with Gasteiger partial charge in [0.15, 0.2) is 0 Å². The number of rotatable bonds is 5. The highest BCUT2D eigenvalue weighted by Gasteiger charge is 2.22. The number of carbonyl (C=O) groups excluding carboxylic acids is 1. The van der Waals surface area contributed by atoms with Gasteiger partial charge in [0.1, 0.15) is 5.60 Å². The average molecular weight is 362 g/mol. The van der Waals surface area contributed by atoms with Gasteiger partial charge in [-0.05, 0) is 38.8 Å². The zero-order valence-electron chi connectivity index (χ0n) is 14.7. The highest BCUT2D eigenvalue weighted by Crippen LogP contribution is 2.29. The number of aromatic nitrogens is 1. The van der Waals surface area contributed by atoms with E-state index in [9.17, 15) is 9.59 Å². The highest BCUT2D eigenvalue weighted by molar-refractivity contribution is 7.13. The Balaban J connectivity index is 2.18. The molecular formula is C18H22N2O4S. The molecule has 0 bridgehead atoms. The molecule has 0 fully saturated rings. The molecular weight excluding hydrogens is 340 g/mol. The van der Waals surface area contributed by atoms with Gasteiger partial charge < -0.3 is 15.2 Å². The maximum atomic E-state index is 12.0. The van der Waals surface area contributed by atoms with Gasteiger partial charge in [-0.15, -0.1) is 11.3 Å². The number of ether oxygens (including phenoxy) is 1. The summed E-state index contributed by atoms with van der Waals surface area (Å²) in [4.78, 5) is 28.4. The summed E-state index contributed by atoms with van der Waals surface area (Å²) in [5.74, 6) is -0.997.